The predicted molar refractivity (Wildman–Crippen MR) is 119 cm³/mol. The van der Waals surface area contributed by atoms with Crippen LogP contribution in [0.5, 0.6) is 0 Å². The number of halogens is 7. The average Bonchev–Trinajstić information content (AvgIpc) is 3.44. The van der Waals surface area contributed by atoms with E-state index in [0.717, 1.165) is 0 Å². The molecule has 14 heteroatoms. The zero-order chi connectivity index (χ0) is 27.2. The largest absolute Gasteiger partial charge is 0.435 e. The van der Waals surface area contributed by atoms with Crippen molar-refractivity contribution in [2.75, 3.05) is 31.5 Å². The molecular weight excluding hydrogens is 509 g/mol. The Hall–Kier alpha value is -3.42. The number of primary amides is 1. The van der Waals surface area contributed by atoms with Crippen LogP contribution >= 0.6 is 0 Å². The van der Waals surface area contributed by atoms with Crippen molar-refractivity contribution in [3.63, 3.8) is 0 Å². The average molecular weight is 532 g/mol. The van der Waals surface area contributed by atoms with E-state index in [1.54, 1.807) is 12.1 Å². The number of nitrogens with one attached hydrogen (secondary N) is 1. The number of rotatable bonds is 7. The quantitative estimate of drug-likeness (QED) is 0.448. The van der Waals surface area contributed by atoms with Crippen LogP contribution in [0.25, 0.3) is 5.65 Å². The summed E-state index contributed by atoms with van der Waals surface area (Å²) in [5, 5.41) is 6.26. The van der Waals surface area contributed by atoms with Crippen molar-refractivity contribution in [2.24, 2.45) is 11.7 Å². The Morgan fingerprint density at radius 2 is 1.73 bits per heavy atom. The number of nitrogens with two attached hydrogens (primary N) is 1. The maximum absolute atomic E-state index is 13.6. The van der Waals surface area contributed by atoms with Crippen molar-refractivity contribution in [3.8, 4) is 0 Å². The summed E-state index contributed by atoms with van der Waals surface area (Å²) in [7, 11) is 0. The van der Waals surface area contributed by atoms with E-state index in [4.69, 9.17) is 5.73 Å². The van der Waals surface area contributed by atoms with E-state index >= 15 is 0 Å². The summed E-state index contributed by atoms with van der Waals surface area (Å²) in [6, 6.07) is 6.63. The van der Waals surface area contributed by atoms with Crippen molar-refractivity contribution in [2.45, 2.75) is 31.1 Å². The summed E-state index contributed by atoms with van der Waals surface area (Å²) in [5.74, 6) is -1.48. The van der Waals surface area contributed by atoms with Gasteiger partial charge in [0.25, 0.3) is 0 Å². The van der Waals surface area contributed by atoms with Crippen LogP contribution < -0.4 is 11.1 Å². The monoisotopic (exact) mass is 532 g/mol. The Bertz CT molecular complexity index is 1290. The van der Waals surface area contributed by atoms with Gasteiger partial charge in [-0.05, 0) is 36.6 Å². The van der Waals surface area contributed by atoms with Gasteiger partial charge in [0, 0.05) is 30.6 Å². The van der Waals surface area contributed by atoms with Gasteiger partial charge in [0.05, 0.1) is 6.54 Å². The maximum atomic E-state index is 13.6. The summed E-state index contributed by atoms with van der Waals surface area (Å²) < 4.78 is 94.5. The lowest BCUT2D eigenvalue weighted by molar-refractivity contribution is -0.142. The van der Waals surface area contributed by atoms with E-state index in [1.807, 2.05) is 11.8 Å². The molecule has 3 heterocycles. The molecule has 1 aliphatic rings. The Balaban J connectivity index is 1.73. The number of hydrogen-bond acceptors (Lipinski definition) is 5. The van der Waals surface area contributed by atoms with Gasteiger partial charge in [0.1, 0.15) is 11.6 Å². The van der Waals surface area contributed by atoms with E-state index in [0.29, 0.717) is 41.7 Å². The third-order valence-corrected chi connectivity index (χ3v) is 6.70. The number of hydrogen-bond donors (Lipinski definition) is 2. The molecule has 1 amide bonds. The highest BCUT2D eigenvalue weighted by Gasteiger charge is 2.41. The molecule has 2 atom stereocenters. The topological polar surface area (TPSA) is 88.6 Å². The van der Waals surface area contributed by atoms with E-state index in [-0.39, 0.29) is 24.8 Å². The molecule has 1 fully saturated rings. The van der Waals surface area contributed by atoms with Gasteiger partial charge >= 0.3 is 12.4 Å². The van der Waals surface area contributed by atoms with Crippen LogP contribution in [0, 0.1) is 11.7 Å². The molecule has 7 nitrogen and oxygen atoms in total. The summed E-state index contributed by atoms with van der Waals surface area (Å²) in [4.78, 5) is 16.5. The first-order valence-electron chi connectivity index (χ1n) is 11.2. The zero-order valence-corrected chi connectivity index (χ0v) is 19.5. The van der Waals surface area contributed by atoms with Crippen molar-refractivity contribution in [1.29, 1.82) is 0 Å². The molecule has 0 unspecified atom stereocenters. The van der Waals surface area contributed by atoms with Gasteiger partial charge in [0.15, 0.2) is 17.0 Å². The van der Waals surface area contributed by atoms with Crippen LogP contribution in [0.2, 0.25) is 0 Å². The fourth-order valence-electron chi connectivity index (χ4n) is 4.69. The molecule has 0 bridgehead atoms. The molecule has 37 heavy (non-hydrogen) atoms. The number of anilines is 1. The van der Waals surface area contributed by atoms with E-state index in [2.05, 4.69) is 15.4 Å². The number of nitrogens with zero attached hydrogens (tertiary/aromatic N) is 4. The first kappa shape index (κ1) is 26.6. The smallest absolute Gasteiger partial charge is 0.369 e. The van der Waals surface area contributed by atoms with Gasteiger partial charge in [-0.15, -0.1) is 0 Å². The second-order valence-electron chi connectivity index (χ2n) is 9.29. The van der Waals surface area contributed by atoms with Crippen LogP contribution in [0.3, 0.4) is 0 Å². The predicted octanol–water partition coefficient (Wildman–Crippen LogP) is 4.08. The number of amides is 1. The molecule has 3 N–H and O–H groups in total. The number of fused-ring (bicyclic) bond motifs is 1. The molecular formula is C23H23F7N6O. The van der Waals surface area contributed by atoms with Crippen LogP contribution in [-0.4, -0.2) is 51.6 Å². The van der Waals surface area contributed by atoms with Gasteiger partial charge in [-0.3, -0.25) is 9.69 Å². The Labute approximate surface area is 206 Å². The fourth-order valence-corrected chi connectivity index (χ4v) is 4.69. The van der Waals surface area contributed by atoms with Crippen molar-refractivity contribution in [3.05, 3.63) is 59.2 Å². The van der Waals surface area contributed by atoms with Gasteiger partial charge < -0.3 is 11.1 Å². The SMILES string of the molecule is C[C@](CNc1cc(C(F)(F)F)nc2cc(C(F)(F)F)nn12)(c1ccc(F)cc1)[C@@H]1CCN(CC(N)=O)C1. The third kappa shape index (κ3) is 5.63. The van der Waals surface area contributed by atoms with Crippen LogP contribution in [0.4, 0.5) is 36.6 Å². The van der Waals surface area contributed by atoms with Crippen molar-refractivity contribution in [1.82, 2.24) is 19.5 Å². The van der Waals surface area contributed by atoms with Gasteiger partial charge in [-0.25, -0.2) is 9.37 Å². The summed E-state index contributed by atoms with van der Waals surface area (Å²) in [6.07, 6.45) is -9.20. The number of carbonyl (C=O) groups excluding carboxylic acids is 1. The second kappa shape index (κ2) is 9.47. The number of carbonyl (C=O) groups is 1. The highest BCUT2D eigenvalue weighted by atomic mass is 19.4. The van der Waals surface area contributed by atoms with E-state index < -0.39 is 46.5 Å². The third-order valence-electron chi connectivity index (χ3n) is 6.70. The molecule has 1 aromatic carbocycles. The molecule has 2 aromatic heterocycles. The normalized spacial score (nSPS) is 18.8. The molecule has 4 rings (SSSR count). The molecule has 1 aliphatic heterocycles. The van der Waals surface area contributed by atoms with Gasteiger partial charge in [-0.1, -0.05) is 19.1 Å². The molecule has 0 saturated carbocycles. The summed E-state index contributed by atoms with van der Waals surface area (Å²) in [5.41, 5.74) is 1.74. The van der Waals surface area contributed by atoms with Crippen molar-refractivity contribution < 1.29 is 35.5 Å². The minimum absolute atomic E-state index is 0.0247. The lowest BCUT2D eigenvalue weighted by Gasteiger charge is -2.37. The zero-order valence-electron chi connectivity index (χ0n) is 19.5. The number of likely N-dealkylation sites (tertiary alicyclic amines) is 1. The second-order valence-corrected chi connectivity index (χ2v) is 9.29. The molecule has 3 aromatic rings. The highest BCUT2D eigenvalue weighted by molar-refractivity contribution is 5.75. The minimum atomic E-state index is -4.91. The Kier molecular flexibility index (Phi) is 6.82. The first-order chi connectivity index (χ1) is 17.2. The minimum Gasteiger partial charge on any atom is -0.369 e. The van der Waals surface area contributed by atoms with Crippen LogP contribution in [0.1, 0.15) is 30.3 Å². The molecule has 0 aliphatic carbocycles. The standard InChI is InChI=1S/C23H23F7N6O/c1-21(13-2-4-15(24)5-3-13,14-6-7-35(10-14)11-18(31)37)12-32-19-8-16(22(25,26)27)33-20-9-17(23(28,29)30)34-36(19)20/h2-5,8-9,14,32H,6-7,10-12H2,1H3,(H2,31,37)/t14-,21+/m1/s1. The van der Waals surface area contributed by atoms with Crippen molar-refractivity contribution >= 4 is 17.4 Å². The lowest BCUT2D eigenvalue weighted by atomic mass is 9.71. The highest BCUT2D eigenvalue weighted by Crippen LogP contribution is 2.39. The van der Waals surface area contributed by atoms with Gasteiger partial charge in [-0.2, -0.15) is 36.0 Å². The van der Waals surface area contributed by atoms with E-state index in [9.17, 15) is 35.5 Å². The maximum Gasteiger partial charge on any atom is 0.435 e. The summed E-state index contributed by atoms with van der Waals surface area (Å²) >= 11 is 0. The fraction of sp³-hybridized carbons (Fsp3) is 0.435. The molecule has 1 saturated heterocycles. The van der Waals surface area contributed by atoms with Crippen LogP contribution in [0.15, 0.2) is 36.4 Å². The first-order valence-corrected chi connectivity index (χ1v) is 11.2. The molecule has 0 spiro atoms. The Morgan fingerprint density at radius 1 is 1.08 bits per heavy atom. The lowest BCUT2D eigenvalue weighted by Crippen LogP contribution is -2.41. The van der Waals surface area contributed by atoms with Gasteiger partial charge in [0.2, 0.25) is 5.91 Å². The number of aromatic nitrogens is 3. The Morgan fingerprint density at radius 3 is 2.32 bits per heavy atom. The van der Waals surface area contributed by atoms with Crippen LogP contribution in [-0.2, 0) is 22.6 Å². The van der Waals surface area contributed by atoms with E-state index in [1.165, 1.54) is 12.1 Å². The molecule has 0 radical (unpaired) electrons. The number of benzene rings is 1. The molecule has 200 valence electrons. The summed E-state index contributed by atoms with van der Waals surface area (Å²) in [6.45, 7) is 2.77. The number of alkyl halides is 6.